The Morgan fingerprint density at radius 2 is 2.03 bits per heavy atom. The molecule has 1 unspecified atom stereocenters. The maximum atomic E-state index is 12.4. The van der Waals surface area contributed by atoms with Gasteiger partial charge < -0.3 is 9.47 Å². The van der Waals surface area contributed by atoms with Gasteiger partial charge in [-0.1, -0.05) is 25.1 Å². The van der Waals surface area contributed by atoms with Gasteiger partial charge in [0.15, 0.2) is 0 Å². The Morgan fingerprint density at radius 1 is 1.22 bits per heavy atom. The second-order valence-electron chi connectivity index (χ2n) is 7.10. The van der Waals surface area contributed by atoms with E-state index in [1.807, 2.05) is 19.1 Å². The van der Waals surface area contributed by atoms with E-state index >= 15 is 0 Å². The zero-order valence-electron chi connectivity index (χ0n) is 17.9. The van der Waals surface area contributed by atoms with Gasteiger partial charge in [-0.2, -0.15) is 10.4 Å². The number of nitrogens with zero attached hydrogens (tertiary/aromatic N) is 3. The number of amides is 1. The highest BCUT2D eigenvalue weighted by molar-refractivity contribution is 5.84. The van der Waals surface area contributed by atoms with Crippen molar-refractivity contribution in [1.82, 2.24) is 9.78 Å². The van der Waals surface area contributed by atoms with Gasteiger partial charge >= 0.3 is 6.09 Å². The molecule has 3 rings (SSSR count). The summed E-state index contributed by atoms with van der Waals surface area (Å²) < 4.78 is 11.9. The maximum absolute atomic E-state index is 12.4. The van der Waals surface area contributed by atoms with Crippen molar-refractivity contribution in [2.24, 2.45) is 0 Å². The Morgan fingerprint density at radius 3 is 2.78 bits per heavy atom. The predicted octanol–water partition coefficient (Wildman–Crippen LogP) is 3.67. The fourth-order valence-electron chi connectivity index (χ4n) is 3.06. The zero-order valence-corrected chi connectivity index (χ0v) is 17.9. The number of anilines is 1. The molecular weight excluding hydrogens is 408 g/mol. The fourth-order valence-corrected chi connectivity index (χ4v) is 3.06. The molecule has 8 heteroatoms. The standard InChI is InChI=1S/C24H24N4O4/c1-3-21(31-2)16-32-24(30)26-19-8-4-6-17(12-19)14-22-23(29)10-11-28(27-22)20-9-5-7-18(13-20)15-25/h4-13,21H,3,14,16H2,1-2H3,(H,26,30). The van der Waals surface area contributed by atoms with E-state index in [0.717, 1.165) is 12.0 Å². The molecule has 1 aromatic heterocycles. The normalized spacial score (nSPS) is 11.4. The molecule has 3 aromatic rings. The minimum absolute atomic E-state index is 0.146. The highest BCUT2D eigenvalue weighted by atomic mass is 16.6. The number of rotatable bonds is 8. The van der Waals surface area contributed by atoms with E-state index in [9.17, 15) is 9.59 Å². The summed E-state index contributed by atoms with van der Waals surface area (Å²) in [6.45, 7) is 2.11. The number of nitriles is 1. The molecule has 0 radical (unpaired) electrons. The van der Waals surface area contributed by atoms with E-state index in [-0.39, 0.29) is 24.6 Å². The van der Waals surface area contributed by atoms with Gasteiger partial charge in [0.25, 0.3) is 0 Å². The lowest BCUT2D eigenvalue weighted by molar-refractivity contribution is 0.0374. The van der Waals surface area contributed by atoms with Gasteiger partial charge in [-0.25, -0.2) is 9.48 Å². The Kier molecular flexibility index (Phi) is 7.73. The number of nitrogens with one attached hydrogen (secondary N) is 1. The van der Waals surface area contributed by atoms with Crippen LogP contribution in [0.25, 0.3) is 5.69 Å². The molecule has 32 heavy (non-hydrogen) atoms. The van der Waals surface area contributed by atoms with Crippen molar-refractivity contribution in [3.63, 3.8) is 0 Å². The molecule has 1 amide bonds. The van der Waals surface area contributed by atoms with Crippen molar-refractivity contribution in [2.75, 3.05) is 19.0 Å². The molecule has 0 fully saturated rings. The van der Waals surface area contributed by atoms with Crippen LogP contribution in [0.3, 0.4) is 0 Å². The van der Waals surface area contributed by atoms with Gasteiger partial charge in [0.2, 0.25) is 5.43 Å². The molecule has 1 N–H and O–H groups in total. The summed E-state index contributed by atoms with van der Waals surface area (Å²) in [5.74, 6) is 0. The third-order valence-electron chi connectivity index (χ3n) is 4.85. The van der Waals surface area contributed by atoms with E-state index < -0.39 is 6.09 Å². The number of hydrogen-bond acceptors (Lipinski definition) is 6. The summed E-state index contributed by atoms with van der Waals surface area (Å²) in [5, 5.41) is 16.2. The SMILES string of the molecule is CCC(COC(=O)Nc1cccc(Cc2nn(-c3cccc(C#N)c3)ccc2=O)c1)OC. The van der Waals surface area contributed by atoms with Crippen LogP contribution in [-0.4, -0.2) is 35.7 Å². The summed E-state index contributed by atoms with van der Waals surface area (Å²) in [6, 6.07) is 17.7. The summed E-state index contributed by atoms with van der Waals surface area (Å²) in [4.78, 5) is 24.4. The van der Waals surface area contributed by atoms with Crippen LogP contribution in [0.2, 0.25) is 0 Å². The number of aromatic nitrogens is 2. The highest BCUT2D eigenvalue weighted by Gasteiger charge is 2.11. The molecule has 0 aliphatic carbocycles. The van der Waals surface area contributed by atoms with Gasteiger partial charge in [-0.05, 0) is 42.3 Å². The molecule has 0 aliphatic rings. The third-order valence-corrected chi connectivity index (χ3v) is 4.85. The van der Waals surface area contributed by atoms with E-state index in [1.165, 1.54) is 6.07 Å². The molecule has 0 saturated carbocycles. The molecule has 0 saturated heterocycles. The first-order valence-electron chi connectivity index (χ1n) is 10.2. The van der Waals surface area contributed by atoms with Crippen LogP contribution in [-0.2, 0) is 15.9 Å². The van der Waals surface area contributed by atoms with Gasteiger partial charge in [0.1, 0.15) is 12.3 Å². The van der Waals surface area contributed by atoms with Gasteiger partial charge in [-0.15, -0.1) is 0 Å². The number of carbonyl (C=O) groups is 1. The molecule has 0 spiro atoms. The Bertz CT molecular complexity index is 1180. The molecule has 164 valence electrons. The second-order valence-corrected chi connectivity index (χ2v) is 7.10. The van der Waals surface area contributed by atoms with Crippen molar-refractivity contribution >= 4 is 11.8 Å². The number of hydrogen-bond donors (Lipinski definition) is 1. The first-order chi connectivity index (χ1) is 15.5. The first kappa shape index (κ1) is 22.7. The van der Waals surface area contributed by atoms with Crippen LogP contribution in [0.1, 0.15) is 30.2 Å². The van der Waals surface area contributed by atoms with E-state index in [1.54, 1.807) is 54.4 Å². The van der Waals surface area contributed by atoms with Gasteiger partial charge in [0.05, 0.1) is 23.4 Å². The van der Waals surface area contributed by atoms with Crippen molar-refractivity contribution in [3.05, 3.63) is 87.8 Å². The summed E-state index contributed by atoms with van der Waals surface area (Å²) >= 11 is 0. The molecule has 0 bridgehead atoms. The van der Waals surface area contributed by atoms with E-state index in [2.05, 4.69) is 16.5 Å². The molecule has 8 nitrogen and oxygen atoms in total. The average molecular weight is 432 g/mol. The van der Waals surface area contributed by atoms with Gasteiger partial charge in [-0.3, -0.25) is 10.1 Å². The lowest BCUT2D eigenvalue weighted by atomic mass is 10.1. The van der Waals surface area contributed by atoms with Crippen molar-refractivity contribution in [3.8, 4) is 11.8 Å². The minimum atomic E-state index is -0.574. The molecule has 2 aromatic carbocycles. The predicted molar refractivity (Wildman–Crippen MR) is 120 cm³/mol. The molecule has 0 aliphatic heterocycles. The van der Waals surface area contributed by atoms with Crippen molar-refractivity contribution < 1.29 is 14.3 Å². The quantitative estimate of drug-likeness (QED) is 0.582. The molecule has 1 heterocycles. The smallest absolute Gasteiger partial charge is 0.411 e. The number of methoxy groups -OCH3 is 1. The minimum Gasteiger partial charge on any atom is -0.447 e. The third kappa shape index (κ3) is 6.03. The maximum Gasteiger partial charge on any atom is 0.411 e. The monoisotopic (exact) mass is 432 g/mol. The van der Waals surface area contributed by atoms with Crippen molar-refractivity contribution in [1.29, 1.82) is 5.26 Å². The van der Waals surface area contributed by atoms with Crippen LogP contribution < -0.4 is 10.7 Å². The van der Waals surface area contributed by atoms with Crippen LogP contribution in [0, 0.1) is 11.3 Å². The average Bonchev–Trinajstić information content (AvgIpc) is 2.81. The van der Waals surface area contributed by atoms with Crippen LogP contribution in [0.15, 0.2) is 65.6 Å². The largest absolute Gasteiger partial charge is 0.447 e. The Labute approximate surface area is 186 Å². The van der Waals surface area contributed by atoms with Crippen LogP contribution in [0.5, 0.6) is 0 Å². The molecular formula is C24H24N4O4. The first-order valence-corrected chi connectivity index (χ1v) is 10.2. The number of ether oxygens (including phenoxy) is 2. The summed E-state index contributed by atoms with van der Waals surface area (Å²) in [7, 11) is 1.57. The Balaban J connectivity index is 1.73. The topological polar surface area (TPSA) is 106 Å². The zero-order chi connectivity index (χ0) is 22.9. The molecule has 1 atom stereocenters. The van der Waals surface area contributed by atoms with E-state index in [0.29, 0.717) is 22.6 Å². The summed E-state index contributed by atoms with van der Waals surface area (Å²) in [6.07, 6.45) is 1.87. The van der Waals surface area contributed by atoms with Crippen molar-refractivity contribution in [2.45, 2.75) is 25.9 Å². The second kappa shape index (κ2) is 10.9. The van der Waals surface area contributed by atoms with E-state index in [4.69, 9.17) is 14.7 Å². The number of benzene rings is 2. The fraction of sp³-hybridized carbons (Fsp3) is 0.250. The number of carbonyl (C=O) groups excluding carboxylic acids is 1. The van der Waals surface area contributed by atoms with Gasteiger partial charge in [0, 0.05) is 31.5 Å². The van der Waals surface area contributed by atoms with Crippen LogP contribution >= 0.6 is 0 Å². The lowest BCUT2D eigenvalue weighted by Crippen LogP contribution is -2.23. The Hall–Kier alpha value is -3.96. The highest BCUT2D eigenvalue weighted by Crippen LogP contribution is 2.14. The lowest BCUT2D eigenvalue weighted by Gasteiger charge is -2.14. The van der Waals surface area contributed by atoms with Crippen LogP contribution in [0.4, 0.5) is 10.5 Å². The summed E-state index contributed by atoms with van der Waals surface area (Å²) in [5.41, 5.74) is 2.70.